The molecule has 0 saturated heterocycles. The number of thioether (sulfide) groups is 1. The first-order valence-electron chi connectivity index (χ1n) is 11.0. The number of aromatic nitrogens is 4. The molecule has 3 heterocycles. The largest absolute Gasteiger partial charge is 0.325 e. The lowest BCUT2D eigenvalue weighted by Crippen LogP contribution is -2.20. The van der Waals surface area contributed by atoms with Crippen LogP contribution in [-0.2, 0) is 17.8 Å². The zero-order chi connectivity index (χ0) is 23.7. The molecule has 5 rings (SSSR count). The van der Waals surface area contributed by atoms with Crippen molar-refractivity contribution < 1.29 is 9.18 Å². The van der Waals surface area contributed by atoms with E-state index in [1.54, 1.807) is 0 Å². The number of amides is 1. The quantitative estimate of drug-likeness (QED) is 0.317. The molecular weight excluding hydrogens is 477 g/mol. The van der Waals surface area contributed by atoms with E-state index in [0.717, 1.165) is 37.9 Å². The van der Waals surface area contributed by atoms with E-state index in [1.165, 1.54) is 34.6 Å². The minimum Gasteiger partial charge on any atom is -0.325 e. The highest BCUT2D eigenvalue weighted by Crippen LogP contribution is 2.30. The lowest BCUT2D eigenvalue weighted by atomic mass is 10.1. The third-order valence-electron chi connectivity index (χ3n) is 5.70. The van der Waals surface area contributed by atoms with Gasteiger partial charge >= 0.3 is 0 Å². The van der Waals surface area contributed by atoms with Crippen molar-refractivity contribution in [3.63, 3.8) is 0 Å². The monoisotopic (exact) mass is 497 g/mol. The van der Waals surface area contributed by atoms with Crippen molar-refractivity contribution in [2.75, 3.05) is 11.1 Å². The predicted octanol–water partition coefficient (Wildman–Crippen LogP) is 4.78. The molecule has 0 spiro atoms. The number of carbonyl (C=O) groups is 1. The summed E-state index contributed by atoms with van der Waals surface area (Å²) >= 11 is 7.09. The van der Waals surface area contributed by atoms with Crippen molar-refractivity contribution in [3.05, 3.63) is 75.4 Å². The number of halogens is 2. The average Bonchev–Trinajstić information content (AvgIpc) is 3.00. The Hall–Kier alpha value is -3.17. The standard InChI is InChI=1S/C24H21ClFN5O2S/c25-17-13-15(10-11-18(17)26)27-20(32)14-34-24-28-22-21(19-9-5-2-6-12-30(19)24)23(33)31(29-22)16-7-3-1-4-8-16/h1,3-4,7-8,10-11,13H,2,5-6,9,12,14H2,(H,27,32). The van der Waals surface area contributed by atoms with Crippen LogP contribution in [0.3, 0.4) is 0 Å². The molecule has 0 radical (unpaired) electrons. The number of fused-ring (bicyclic) bond motifs is 3. The first-order valence-corrected chi connectivity index (χ1v) is 12.3. The fourth-order valence-electron chi connectivity index (χ4n) is 4.11. The molecule has 2 aromatic carbocycles. The second-order valence-electron chi connectivity index (χ2n) is 8.02. The summed E-state index contributed by atoms with van der Waals surface area (Å²) in [5, 5.41) is 7.83. The van der Waals surface area contributed by atoms with Crippen molar-refractivity contribution in [2.45, 2.75) is 37.4 Å². The van der Waals surface area contributed by atoms with Gasteiger partial charge in [0.15, 0.2) is 11.0 Å². The third kappa shape index (κ3) is 4.45. The van der Waals surface area contributed by atoms with Gasteiger partial charge in [-0.15, -0.1) is 5.10 Å². The van der Waals surface area contributed by atoms with Gasteiger partial charge in [0.1, 0.15) is 11.4 Å². The molecule has 7 nitrogen and oxygen atoms in total. The first kappa shape index (κ1) is 22.6. The van der Waals surface area contributed by atoms with E-state index in [4.69, 9.17) is 11.6 Å². The second-order valence-corrected chi connectivity index (χ2v) is 9.37. The van der Waals surface area contributed by atoms with Gasteiger partial charge in [-0.1, -0.05) is 48.0 Å². The van der Waals surface area contributed by atoms with Crippen LogP contribution in [0.5, 0.6) is 0 Å². The van der Waals surface area contributed by atoms with Crippen LogP contribution < -0.4 is 10.9 Å². The van der Waals surface area contributed by atoms with Crippen LogP contribution in [0.1, 0.15) is 25.0 Å². The fourth-order valence-corrected chi connectivity index (χ4v) is 5.13. The van der Waals surface area contributed by atoms with E-state index in [1.807, 2.05) is 30.3 Å². The molecule has 0 fully saturated rings. The lowest BCUT2D eigenvalue weighted by molar-refractivity contribution is -0.113. The van der Waals surface area contributed by atoms with E-state index in [0.29, 0.717) is 27.9 Å². The second kappa shape index (κ2) is 9.60. The van der Waals surface area contributed by atoms with Crippen molar-refractivity contribution in [1.29, 1.82) is 0 Å². The molecule has 0 bridgehead atoms. The molecule has 34 heavy (non-hydrogen) atoms. The van der Waals surface area contributed by atoms with Crippen molar-refractivity contribution in [2.24, 2.45) is 0 Å². The summed E-state index contributed by atoms with van der Waals surface area (Å²) < 4.78 is 16.8. The molecule has 3 aliphatic heterocycles. The van der Waals surface area contributed by atoms with E-state index in [-0.39, 0.29) is 22.2 Å². The first-order chi connectivity index (χ1) is 16.5. The number of rotatable bonds is 5. The lowest BCUT2D eigenvalue weighted by Gasteiger charge is -2.17. The predicted molar refractivity (Wildman–Crippen MR) is 131 cm³/mol. The number of carbonyl (C=O) groups excluding carboxylic acids is 1. The highest BCUT2D eigenvalue weighted by atomic mass is 35.5. The van der Waals surface area contributed by atoms with Crippen LogP contribution in [0.15, 0.2) is 58.5 Å². The molecule has 1 N–H and O–H groups in total. The minimum atomic E-state index is -0.543. The summed E-state index contributed by atoms with van der Waals surface area (Å²) in [6.07, 6.45) is 3.76. The Bertz CT molecular complexity index is 1390. The minimum absolute atomic E-state index is 0.0548. The smallest absolute Gasteiger partial charge is 0.284 e. The van der Waals surface area contributed by atoms with Crippen LogP contribution >= 0.6 is 23.4 Å². The Labute approximate surface area is 204 Å². The maximum absolute atomic E-state index is 13.4. The van der Waals surface area contributed by atoms with Gasteiger partial charge in [-0.05, 0) is 49.6 Å². The summed E-state index contributed by atoms with van der Waals surface area (Å²) in [7, 11) is 0. The Morgan fingerprint density at radius 2 is 1.97 bits per heavy atom. The molecule has 174 valence electrons. The zero-order valence-electron chi connectivity index (χ0n) is 18.1. The molecule has 10 heteroatoms. The van der Waals surface area contributed by atoms with Crippen LogP contribution in [0.25, 0.3) is 17.1 Å². The van der Waals surface area contributed by atoms with Gasteiger partial charge < -0.3 is 9.88 Å². The number of hydrogen-bond donors (Lipinski definition) is 1. The topological polar surface area (TPSA) is 81.8 Å². The van der Waals surface area contributed by atoms with Gasteiger partial charge in [-0.3, -0.25) is 9.59 Å². The van der Waals surface area contributed by atoms with Gasteiger partial charge in [0.05, 0.1) is 16.5 Å². The fraction of sp³-hybridized carbons (Fsp3) is 0.250. The van der Waals surface area contributed by atoms with Gasteiger partial charge in [0, 0.05) is 17.9 Å². The zero-order valence-corrected chi connectivity index (χ0v) is 19.7. The van der Waals surface area contributed by atoms with Crippen LogP contribution in [0.2, 0.25) is 5.02 Å². The molecule has 2 aromatic rings. The molecule has 0 atom stereocenters. The summed E-state index contributed by atoms with van der Waals surface area (Å²) in [6.45, 7) is 0.728. The van der Waals surface area contributed by atoms with Gasteiger partial charge in [-0.2, -0.15) is 4.68 Å². The van der Waals surface area contributed by atoms with Gasteiger partial charge in [0.2, 0.25) is 5.91 Å². The maximum atomic E-state index is 13.4. The normalized spacial score (nSPS) is 13.5. The number of nitrogens with one attached hydrogen (secondary N) is 1. The summed E-state index contributed by atoms with van der Waals surface area (Å²) in [6, 6.07) is 13.3. The van der Waals surface area contributed by atoms with Crippen molar-refractivity contribution in [1.82, 2.24) is 19.3 Å². The van der Waals surface area contributed by atoms with Crippen molar-refractivity contribution in [3.8, 4) is 17.1 Å². The average molecular weight is 498 g/mol. The van der Waals surface area contributed by atoms with Crippen molar-refractivity contribution >= 4 is 35.0 Å². The molecule has 0 saturated carbocycles. The molecule has 1 amide bonds. The van der Waals surface area contributed by atoms with E-state index >= 15 is 0 Å². The molecular formula is C24H21ClFN5O2S. The number of nitrogens with zero attached hydrogens (tertiary/aromatic N) is 4. The summed E-state index contributed by atoms with van der Waals surface area (Å²) in [5.74, 6) is -0.332. The Balaban J connectivity index is 1.46. The van der Waals surface area contributed by atoms with Crippen LogP contribution in [0.4, 0.5) is 10.1 Å². The molecule has 0 aromatic heterocycles. The number of benzene rings is 2. The van der Waals surface area contributed by atoms with Crippen LogP contribution in [0, 0.1) is 5.82 Å². The number of para-hydroxylation sites is 1. The van der Waals surface area contributed by atoms with Gasteiger partial charge in [-0.25, -0.2) is 9.37 Å². The number of hydrogen-bond acceptors (Lipinski definition) is 5. The third-order valence-corrected chi connectivity index (χ3v) is 6.97. The van der Waals surface area contributed by atoms with E-state index in [2.05, 4.69) is 20.0 Å². The van der Waals surface area contributed by atoms with E-state index in [9.17, 15) is 14.0 Å². The highest BCUT2D eigenvalue weighted by molar-refractivity contribution is 7.99. The molecule has 0 unspecified atom stereocenters. The number of anilines is 1. The summed E-state index contributed by atoms with van der Waals surface area (Å²) in [5.41, 5.74) is 2.39. The summed E-state index contributed by atoms with van der Waals surface area (Å²) in [4.78, 5) is 30.5. The Morgan fingerprint density at radius 1 is 1.15 bits per heavy atom. The SMILES string of the molecule is O=C(CSc1nc2nn(-c3ccccc3)c(=O)c-2c2n1CCCCC2)Nc1ccc(F)c(Cl)c1. The Kier molecular flexibility index (Phi) is 6.38. The van der Waals surface area contributed by atoms with Gasteiger partial charge in [0.25, 0.3) is 5.56 Å². The molecule has 3 aliphatic rings. The van der Waals surface area contributed by atoms with Crippen LogP contribution in [-0.4, -0.2) is 31.0 Å². The van der Waals surface area contributed by atoms with E-state index < -0.39 is 5.82 Å². The maximum Gasteiger partial charge on any atom is 0.284 e. The Morgan fingerprint density at radius 3 is 2.76 bits per heavy atom. The highest BCUT2D eigenvalue weighted by Gasteiger charge is 2.27. The molecule has 0 aliphatic carbocycles.